The van der Waals surface area contributed by atoms with Crippen molar-refractivity contribution < 1.29 is 46.6 Å². The summed E-state index contributed by atoms with van der Waals surface area (Å²) >= 11 is 0. The van der Waals surface area contributed by atoms with Crippen molar-refractivity contribution in [3.05, 3.63) is 88.7 Å². The molecule has 53 heavy (non-hydrogen) atoms. The number of benzene rings is 2. The summed E-state index contributed by atoms with van der Waals surface area (Å²) in [5.74, 6) is -0.263. The Morgan fingerprint density at radius 3 is 2.51 bits per heavy atom. The third kappa shape index (κ3) is 10.9. The van der Waals surface area contributed by atoms with Crippen LogP contribution in [0.2, 0.25) is 0 Å². The molecule has 4 heterocycles. The lowest BCUT2D eigenvalue weighted by Gasteiger charge is -2.33. The van der Waals surface area contributed by atoms with E-state index in [9.17, 15) is 32.3 Å². The summed E-state index contributed by atoms with van der Waals surface area (Å²) in [5, 5.41) is 8.76. The van der Waals surface area contributed by atoms with Crippen molar-refractivity contribution >= 4 is 23.6 Å². The summed E-state index contributed by atoms with van der Waals surface area (Å²) < 4.78 is 55.9. The Bertz CT molecular complexity index is 1740. The molecule has 2 bridgehead atoms. The van der Waals surface area contributed by atoms with Gasteiger partial charge >= 0.3 is 6.18 Å². The number of hydrogen-bond donors (Lipinski definition) is 3. The van der Waals surface area contributed by atoms with Crippen LogP contribution >= 0.6 is 0 Å². The monoisotopic (exact) mass is 739 g/mol. The number of alkyl halides is 3. The quantitative estimate of drug-likeness (QED) is 0.331. The second-order valence-electron chi connectivity index (χ2n) is 13.2. The molecular formula is C38H44F3N5O7. The second kappa shape index (κ2) is 18.0. The number of methoxy groups -OCH3 is 1. The molecule has 0 saturated heterocycles. The number of pyridine rings is 1. The van der Waals surface area contributed by atoms with E-state index >= 15 is 0 Å². The largest absolute Gasteiger partial charge is 0.493 e. The molecule has 4 amide bonds. The Morgan fingerprint density at radius 2 is 1.77 bits per heavy atom. The number of aromatic nitrogens is 1. The molecule has 6 rings (SSSR count). The van der Waals surface area contributed by atoms with Gasteiger partial charge in [-0.15, -0.1) is 0 Å². The van der Waals surface area contributed by atoms with Crippen molar-refractivity contribution in [3.63, 3.8) is 0 Å². The predicted molar refractivity (Wildman–Crippen MR) is 187 cm³/mol. The lowest BCUT2D eigenvalue weighted by Crippen LogP contribution is -2.50. The molecule has 0 fully saturated rings. The number of carbonyl (C=O) groups excluding carboxylic acids is 4. The molecule has 1 aromatic heterocycles. The van der Waals surface area contributed by atoms with Crippen LogP contribution in [-0.4, -0.2) is 86.6 Å². The van der Waals surface area contributed by atoms with Crippen molar-refractivity contribution in [1.82, 2.24) is 25.8 Å². The van der Waals surface area contributed by atoms with E-state index in [1.165, 1.54) is 4.90 Å². The van der Waals surface area contributed by atoms with Crippen LogP contribution in [0.5, 0.6) is 11.5 Å². The van der Waals surface area contributed by atoms with Crippen molar-refractivity contribution in [2.24, 2.45) is 5.41 Å². The summed E-state index contributed by atoms with van der Waals surface area (Å²) in [6, 6.07) is 14.7. The molecule has 3 N–H and O–H groups in total. The molecule has 12 nitrogen and oxygen atoms in total. The molecule has 15 heteroatoms. The van der Waals surface area contributed by atoms with Gasteiger partial charge in [0.15, 0.2) is 6.61 Å². The first-order valence-electron chi connectivity index (χ1n) is 17.6. The normalized spacial score (nSPS) is 18.9. The van der Waals surface area contributed by atoms with Gasteiger partial charge in [-0.2, -0.15) is 13.2 Å². The maximum Gasteiger partial charge on any atom is 0.433 e. The smallest absolute Gasteiger partial charge is 0.433 e. The minimum Gasteiger partial charge on any atom is -0.493 e. The number of nitrogens with one attached hydrogen (secondary N) is 3. The Labute approximate surface area is 305 Å². The molecular weight excluding hydrogens is 695 g/mol. The molecule has 3 aliphatic heterocycles. The third-order valence-electron chi connectivity index (χ3n) is 9.28. The molecule has 2 aromatic carbocycles. The Morgan fingerprint density at radius 1 is 0.981 bits per heavy atom. The number of rotatable bonds is 7. The minimum atomic E-state index is -4.65. The first kappa shape index (κ1) is 39.0. The van der Waals surface area contributed by atoms with E-state index in [4.69, 9.17) is 14.2 Å². The number of carbonyl (C=O) groups is 4. The average molecular weight is 740 g/mol. The van der Waals surface area contributed by atoms with Gasteiger partial charge in [0.2, 0.25) is 11.8 Å². The van der Waals surface area contributed by atoms with Crippen molar-refractivity contribution in [2.45, 2.75) is 51.2 Å². The molecule has 1 unspecified atom stereocenters. The lowest BCUT2D eigenvalue weighted by molar-refractivity contribution is -0.141. The Balaban J connectivity index is 1.34. The van der Waals surface area contributed by atoms with Gasteiger partial charge < -0.3 is 35.1 Å². The molecule has 0 radical (unpaired) electrons. The molecule has 0 spiro atoms. The van der Waals surface area contributed by atoms with Crippen molar-refractivity contribution in [1.29, 1.82) is 0 Å². The summed E-state index contributed by atoms with van der Waals surface area (Å²) in [4.78, 5) is 58.2. The average Bonchev–Trinajstić information content (AvgIpc) is 3.63. The fraction of sp³-hybridized carbons (Fsp3) is 0.447. The van der Waals surface area contributed by atoms with E-state index in [2.05, 4.69) is 20.9 Å². The van der Waals surface area contributed by atoms with Gasteiger partial charge in [-0.05, 0) is 72.7 Å². The van der Waals surface area contributed by atoms with Crippen LogP contribution in [0.25, 0.3) is 0 Å². The van der Waals surface area contributed by atoms with E-state index in [-0.39, 0.29) is 94.9 Å². The topological polar surface area (TPSA) is 148 Å². The van der Waals surface area contributed by atoms with Crippen LogP contribution in [0.3, 0.4) is 0 Å². The van der Waals surface area contributed by atoms with E-state index in [1.54, 1.807) is 19.2 Å². The zero-order valence-corrected chi connectivity index (χ0v) is 29.6. The summed E-state index contributed by atoms with van der Waals surface area (Å²) in [6.45, 7) is 1.35. The first-order valence-corrected chi connectivity index (χ1v) is 17.6. The highest BCUT2D eigenvalue weighted by molar-refractivity contribution is 5.94. The molecule has 0 saturated carbocycles. The van der Waals surface area contributed by atoms with Crippen molar-refractivity contribution in [3.8, 4) is 11.5 Å². The highest BCUT2D eigenvalue weighted by Crippen LogP contribution is 2.31. The fourth-order valence-electron chi connectivity index (χ4n) is 6.29. The maximum absolute atomic E-state index is 14.2. The Kier molecular flexibility index (Phi) is 13.3. The standard InChI is InChI=1S/C38H44F3N5O7/c1-51-19-14-37(36(50)44-22-27-7-11-31-28(20-27)13-18-52-31)21-26-5-9-30(10-6-26)53-24-34(48)42-15-3-17-46(16-2-4-33(47)45-25-37)35(49)29-8-12-32(43-23-29)38(39,40)41/h5-12,20,23H,2-4,13-19,21-22,24-25H2,1H3,(H,42,48)(H,44,50)(H,45,47). The zero-order chi connectivity index (χ0) is 37.8. The van der Waals surface area contributed by atoms with Gasteiger partial charge in [-0.25, -0.2) is 0 Å². The second-order valence-corrected chi connectivity index (χ2v) is 13.2. The Hall–Kier alpha value is -5.18. The lowest BCUT2D eigenvalue weighted by atomic mass is 9.77. The number of hydrogen-bond acceptors (Lipinski definition) is 8. The highest BCUT2D eigenvalue weighted by Gasteiger charge is 2.39. The molecule has 284 valence electrons. The van der Waals surface area contributed by atoms with Gasteiger partial charge in [-0.3, -0.25) is 24.2 Å². The van der Waals surface area contributed by atoms with Crippen LogP contribution in [0.15, 0.2) is 60.8 Å². The number of fused-ring (bicyclic) bond motifs is 18. The third-order valence-corrected chi connectivity index (χ3v) is 9.28. The van der Waals surface area contributed by atoms with Crippen molar-refractivity contribution in [2.75, 3.05) is 53.1 Å². The van der Waals surface area contributed by atoms with Crippen LogP contribution < -0.4 is 25.4 Å². The number of halogens is 3. The van der Waals surface area contributed by atoms with Gasteiger partial charge in [0.1, 0.15) is 17.2 Å². The van der Waals surface area contributed by atoms with Crippen LogP contribution in [0.4, 0.5) is 13.2 Å². The zero-order valence-electron chi connectivity index (χ0n) is 29.6. The summed E-state index contributed by atoms with van der Waals surface area (Å²) in [6.07, 6.45) is -1.86. The predicted octanol–water partition coefficient (Wildman–Crippen LogP) is 3.85. The number of ether oxygens (including phenoxy) is 3. The van der Waals surface area contributed by atoms with E-state index in [0.29, 0.717) is 18.8 Å². The fourth-order valence-corrected chi connectivity index (χ4v) is 6.29. The van der Waals surface area contributed by atoms with Crippen LogP contribution in [0, 0.1) is 5.41 Å². The molecule has 1 atom stereocenters. The van der Waals surface area contributed by atoms with Gasteiger partial charge in [-0.1, -0.05) is 24.3 Å². The van der Waals surface area contributed by atoms with E-state index in [1.807, 2.05) is 30.3 Å². The highest BCUT2D eigenvalue weighted by atomic mass is 19.4. The van der Waals surface area contributed by atoms with Crippen LogP contribution in [0.1, 0.15) is 58.4 Å². The molecule has 0 aliphatic carbocycles. The number of amides is 4. The minimum absolute atomic E-state index is 0.00263. The van der Waals surface area contributed by atoms with Gasteiger partial charge in [0.05, 0.1) is 17.6 Å². The van der Waals surface area contributed by atoms with Gasteiger partial charge in [0.25, 0.3) is 11.8 Å². The van der Waals surface area contributed by atoms with Crippen LogP contribution in [-0.2, 0) is 44.7 Å². The molecule has 3 aromatic rings. The maximum atomic E-state index is 14.2. The SMILES string of the molecule is COCCC1(C(=O)NCc2ccc3c(c2)CCO3)CNC(=O)CCCN(C(=O)c2ccc(C(F)(F)F)nc2)CCCNC(=O)COc2ccc(cc2)C1. The summed E-state index contributed by atoms with van der Waals surface area (Å²) in [5.41, 5.74) is 0.521. The first-order chi connectivity index (χ1) is 25.5. The number of nitrogens with zero attached hydrogens (tertiary/aromatic N) is 2. The molecule has 3 aliphatic rings. The summed E-state index contributed by atoms with van der Waals surface area (Å²) in [7, 11) is 1.54. The van der Waals surface area contributed by atoms with E-state index < -0.39 is 23.2 Å². The van der Waals surface area contributed by atoms with Gasteiger partial charge in [0, 0.05) is 65.5 Å². The van der Waals surface area contributed by atoms with E-state index in [0.717, 1.165) is 47.2 Å².